The van der Waals surface area contributed by atoms with Gasteiger partial charge in [-0.2, -0.15) is 5.10 Å². The maximum atomic E-state index is 6.70. The third-order valence-corrected chi connectivity index (χ3v) is 6.50. The van der Waals surface area contributed by atoms with Crippen LogP contribution < -0.4 is 4.90 Å². The normalized spacial score (nSPS) is 19.3. The Kier molecular flexibility index (Phi) is 4.26. The highest BCUT2D eigenvalue weighted by Gasteiger charge is 2.45. The van der Waals surface area contributed by atoms with Crippen LogP contribution in [0.25, 0.3) is 5.65 Å². The average molecular weight is 403 g/mol. The molecule has 0 radical (unpaired) electrons. The number of benzene rings is 1. The number of nitrogens with zero attached hydrogens (tertiary/aromatic N) is 4. The summed E-state index contributed by atoms with van der Waals surface area (Å²) >= 11 is 13.4. The lowest BCUT2D eigenvalue weighted by Crippen LogP contribution is -2.37. The second kappa shape index (κ2) is 6.66. The predicted molar refractivity (Wildman–Crippen MR) is 107 cm³/mol. The molecular weight excluding hydrogens is 383 g/mol. The topological polar surface area (TPSA) is 42.7 Å². The molecule has 1 aliphatic heterocycles. The second-order valence-corrected chi connectivity index (χ2v) is 8.04. The van der Waals surface area contributed by atoms with Crippen LogP contribution in [0, 0.1) is 0 Å². The zero-order chi connectivity index (χ0) is 18.4. The van der Waals surface area contributed by atoms with Crippen LogP contribution in [-0.2, 0) is 10.2 Å². The van der Waals surface area contributed by atoms with Crippen molar-refractivity contribution in [2.45, 2.75) is 24.7 Å². The minimum absolute atomic E-state index is 0.183. The van der Waals surface area contributed by atoms with Crippen LogP contribution in [0.15, 0.2) is 36.7 Å². The molecule has 0 N–H and O–H groups in total. The molecule has 140 valence electrons. The van der Waals surface area contributed by atoms with Crippen LogP contribution in [0.1, 0.15) is 30.5 Å². The summed E-state index contributed by atoms with van der Waals surface area (Å²) in [6.45, 7) is 3.22. The summed E-state index contributed by atoms with van der Waals surface area (Å²) < 4.78 is 7.21. The number of anilines is 1. The Balaban J connectivity index is 1.57. The molecule has 2 aromatic heterocycles. The molecule has 1 saturated carbocycles. The third-order valence-electron chi connectivity index (χ3n) is 5.85. The van der Waals surface area contributed by atoms with Gasteiger partial charge < -0.3 is 9.64 Å². The van der Waals surface area contributed by atoms with Gasteiger partial charge in [-0.3, -0.25) is 0 Å². The summed E-state index contributed by atoms with van der Waals surface area (Å²) in [5, 5.41) is 6.20. The summed E-state index contributed by atoms with van der Waals surface area (Å²) in [5.74, 6) is 0. The van der Waals surface area contributed by atoms with E-state index in [1.54, 1.807) is 10.7 Å². The Bertz CT molecular complexity index is 993. The lowest BCUT2D eigenvalue weighted by molar-refractivity contribution is 0.122. The first-order valence-electron chi connectivity index (χ1n) is 9.31. The van der Waals surface area contributed by atoms with Crippen molar-refractivity contribution in [3.63, 3.8) is 0 Å². The van der Waals surface area contributed by atoms with Gasteiger partial charge in [0.25, 0.3) is 0 Å². The van der Waals surface area contributed by atoms with Crippen molar-refractivity contribution < 1.29 is 4.74 Å². The van der Waals surface area contributed by atoms with E-state index >= 15 is 0 Å². The van der Waals surface area contributed by atoms with Crippen molar-refractivity contribution in [3.8, 4) is 0 Å². The van der Waals surface area contributed by atoms with E-state index in [-0.39, 0.29) is 5.41 Å². The number of morpholine rings is 1. The van der Waals surface area contributed by atoms with E-state index in [0.29, 0.717) is 10.7 Å². The Morgan fingerprint density at radius 3 is 2.59 bits per heavy atom. The number of hydrogen-bond acceptors (Lipinski definition) is 4. The molecule has 1 aliphatic carbocycles. The summed E-state index contributed by atoms with van der Waals surface area (Å²) in [5.41, 5.74) is 3.68. The molecule has 0 atom stereocenters. The fraction of sp³-hybridized carbons (Fsp3) is 0.400. The van der Waals surface area contributed by atoms with E-state index < -0.39 is 0 Å². The fourth-order valence-electron chi connectivity index (χ4n) is 4.22. The van der Waals surface area contributed by atoms with Gasteiger partial charge in [0, 0.05) is 30.9 Å². The number of fused-ring (bicyclic) bond motifs is 1. The Labute approximate surface area is 167 Å². The largest absolute Gasteiger partial charge is 0.378 e. The van der Waals surface area contributed by atoms with Gasteiger partial charge in [0.2, 0.25) is 0 Å². The minimum atomic E-state index is -0.183. The predicted octanol–water partition coefficient (Wildman–Crippen LogP) is 4.34. The Morgan fingerprint density at radius 2 is 1.93 bits per heavy atom. The fourth-order valence-corrected chi connectivity index (χ4v) is 4.88. The number of halogens is 2. The maximum Gasteiger partial charge on any atom is 0.174 e. The van der Waals surface area contributed by atoms with Gasteiger partial charge in [-0.25, -0.2) is 9.50 Å². The molecule has 0 spiro atoms. The van der Waals surface area contributed by atoms with Crippen LogP contribution in [0.2, 0.25) is 10.0 Å². The lowest BCUT2D eigenvalue weighted by atomic mass is 9.62. The smallest absolute Gasteiger partial charge is 0.174 e. The first kappa shape index (κ1) is 17.3. The van der Waals surface area contributed by atoms with Gasteiger partial charge in [0.05, 0.1) is 29.6 Å². The highest BCUT2D eigenvalue weighted by Crippen LogP contribution is 2.51. The molecule has 0 amide bonds. The first-order chi connectivity index (χ1) is 13.2. The van der Waals surface area contributed by atoms with Gasteiger partial charge in [-0.15, -0.1) is 0 Å². The van der Waals surface area contributed by atoms with Gasteiger partial charge >= 0.3 is 0 Å². The van der Waals surface area contributed by atoms with Gasteiger partial charge in [-0.05, 0) is 36.6 Å². The van der Waals surface area contributed by atoms with Gasteiger partial charge in [-0.1, -0.05) is 35.7 Å². The van der Waals surface area contributed by atoms with E-state index in [1.807, 2.05) is 12.3 Å². The summed E-state index contributed by atoms with van der Waals surface area (Å²) in [4.78, 5) is 6.67. The zero-order valence-electron chi connectivity index (χ0n) is 14.9. The highest BCUT2D eigenvalue weighted by atomic mass is 35.5. The lowest BCUT2D eigenvalue weighted by Gasteiger charge is -2.41. The van der Waals surface area contributed by atoms with Crippen LogP contribution in [0.4, 0.5) is 5.69 Å². The highest BCUT2D eigenvalue weighted by molar-refractivity contribution is 6.34. The van der Waals surface area contributed by atoms with Crippen molar-refractivity contribution in [2.24, 2.45) is 0 Å². The van der Waals surface area contributed by atoms with E-state index in [9.17, 15) is 0 Å². The molecule has 2 aliphatic rings. The number of ether oxygens (including phenoxy) is 1. The van der Waals surface area contributed by atoms with Crippen LogP contribution in [0.5, 0.6) is 0 Å². The number of aromatic nitrogens is 3. The standard InChI is InChI=1S/C20H20Cl2N4O/c21-15-13-14(3-4-16(15)25-9-11-27-12-10-25)20(5-1-6-20)18-17(22)19-23-7-2-8-26(19)24-18/h2-4,7-8,13H,1,5-6,9-12H2. The summed E-state index contributed by atoms with van der Waals surface area (Å²) in [6, 6.07) is 8.27. The monoisotopic (exact) mass is 402 g/mol. The van der Waals surface area contributed by atoms with E-state index in [4.69, 9.17) is 33.0 Å². The van der Waals surface area contributed by atoms with Crippen molar-refractivity contribution in [1.29, 1.82) is 0 Å². The quantitative estimate of drug-likeness (QED) is 0.653. The van der Waals surface area contributed by atoms with Crippen molar-refractivity contribution in [2.75, 3.05) is 31.2 Å². The summed E-state index contributed by atoms with van der Waals surface area (Å²) in [6.07, 6.45) is 6.82. The van der Waals surface area contributed by atoms with Crippen molar-refractivity contribution in [3.05, 3.63) is 58.0 Å². The molecule has 5 rings (SSSR count). The molecule has 7 heteroatoms. The van der Waals surface area contributed by atoms with Gasteiger partial charge in [0.1, 0.15) is 5.02 Å². The summed E-state index contributed by atoms with van der Waals surface area (Å²) in [7, 11) is 0. The molecule has 0 unspecified atom stereocenters. The molecular formula is C20H20Cl2N4O. The van der Waals surface area contributed by atoms with E-state index in [1.165, 1.54) is 5.56 Å². The first-order valence-corrected chi connectivity index (χ1v) is 10.1. The molecule has 3 heterocycles. The maximum absolute atomic E-state index is 6.70. The molecule has 1 aromatic carbocycles. The third kappa shape index (κ3) is 2.72. The molecule has 0 bridgehead atoms. The minimum Gasteiger partial charge on any atom is -0.378 e. The molecule has 3 aromatic rings. The Morgan fingerprint density at radius 1 is 1.11 bits per heavy atom. The van der Waals surface area contributed by atoms with E-state index in [2.05, 4.69) is 28.1 Å². The molecule has 2 fully saturated rings. The molecule has 27 heavy (non-hydrogen) atoms. The average Bonchev–Trinajstić information content (AvgIpc) is 2.99. The van der Waals surface area contributed by atoms with Gasteiger partial charge in [0.15, 0.2) is 5.65 Å². The SMILES string of the molecule is Clc1cc(C2(c3nn4cccnc4c3Cl)CCC2)ccc1N1CCOCC1. The van der Waals surface area contributed by atoms with Crippen LogP contribution in [-0.4, -0.2) is 40.9 Å². The molecule has 1 saturated heterocycles. The number of rotatable bonds is 3. The number of hydrogen-bond donors (Lipinski definition) is 0. The Hall–Kier alpha value is -1.82. The van der Waals surface area contributed by atoms with Crippen LogP contribution in [0.3, 0.4) is 0 Å². The van der Waals surface area contributed by atoms with Crippen LogP contribution >= 0.6 is 23.2 Å². The zero-order valence-corrected chi connectivity index (χ0v) is 16.4. The molecule has 5 nitrogen and oxygen atoms in total. The van der Waals surface area contributed by atoms with Crippen molar-refractivity contribution >= 4 is 34.5 Å². The van der Waals surface area contributed by atoms with E-state index in [0.717, 1.165) is 62.0 Å². The van der Waals surface area contributed by atoms with Crippen molar-refractivity contribution in [1.82, 2.24) is 14.6 Å². The second-order valence-electron chi connectivity index (χ2n) is 7.25.